The number of aromatic carboxylic acids is 1. The Morgan fingerprint density at radius 3 is 3.25 bits per heavy atom. The summed E-state index contributed by atoms with van der Waals surface area (Å²) in [6.07, 6.45) is 1.86. The van der Waals surface area contributed by atoms with Crippen molar-refractivity contribution in [2.75, 3.05) is 5.75 Å². The lowest BCUT2D eigenvalue weighted by molar-refractivity contribution is 0.0696. The van der Waals surface area contributed by atoms with Crippen molar-refractivity contribution >= 4 is 17.7 Å². The van der Waals surface area contributed by atoms with Crippen LogP contribution in [0.5, 0.6) is 0 Å². The number of carboxylic acids is 1. The number of carbonyl (C=O) groups is 1. The smallest absolute Gasteiger partial charge is 0.337 e. The molecule has 1 aromatic heterocycles. The molecule has 1 N–H and O–H groups in total. The molecule has 64 valence electrons. The van der Waals surface area contributed by atoms with Gasteiger partial charge < -0.3 is 9.67 Å². The molecule has 0 saturated carbocycles. The van der Waals surface area contributed by atoms with Crippen molar-refractivity contribution in [3.05, 3.63) is 23.5 Å². The molecule has 0 aromatic carbocycles. The fourth-order valence-electron chi connectivity index (χ4n) is 1.40. The van der Waals surface area contributed by atoms with Gasteiger partial charge in [-0.05, 0) is 6.07 Å². The second kappa shape index (κ2) is 2.86. The van der Waals surface area contributed by atoms with Gasteiger partial charge in [0, 0.05) is 29.9 Å². The van der Waals surface area contributed by atoms with Crippen LogP contribution in [-0.4, -0.2) is 21.4 Å². The molecule has 0 radical (unpaired) electrons. The van der Waals surface area contributed by atoms with Gasteiger partial charge in [0.2, 0.25) is 0 Å². The van der Waals surface area contributed by atoms with Gasteiger partial charge in [-0.2, -0.15) is 11.8 Å². The molecule has 1 aromatic rings. The number of thioether (sulfide) groups is 1. The molecule has 0 amide bonds. The Morgan fingerprint density at radius 1 is 1.67 bits per heavy atom. The van der Waals surface area contributed by atoms with E-state index >= 15 is 0 Å². The van der Waals surface area contributed by atoms with Crippen LogP contribution in [0.25, 0.3) is 0 Å². The van der Waals surface area contributed by atoms with E-state index in [1.165, 1.54) is 0 Å². The Balaban J connectivity index is 2.44. The zero-order chi connectivity index (χ0) is 8.55. The molecule has 12 heavy (non-hydrogen) atoms. The minimum atomic E-state index is -0.814. The minimum absolute atomic E-state index is 0.460. The van der Waals surface area contributed by atoms with Crippen LogP contribution in [-0.2, 0) is 12.3 Å². The summed E-state index contributed by atoms with van der Waals surface area (Å²) in [4.78, 5) is 10.7. The van der Waals surface area contributed by atoms with E-state index in [0.717, 1.165) is 23.7 Å². The predicted octanol–water partition coefficient (Wildman–Crippen LogP) is 1.43. The topological polar surface area (TPSA) is 42.2 Å². The van der Waals surface area contributed by atoms with Crippen molar-refractivity contribution in [2.45, 2.75) is 12.3 Å². The van der Waals surface area contributed by atoms with Crippen molar-refractivity contribution in [3.63, 3.8) is 0 Å². The number of hydrogen-bond acceptors (Lipinski definition) is 2. The highest BCUT2D eigenvalue weighted by Crippen LogP contribution is 2.23. The molecule has 3 nitrogen and oxygen atoms in total. The van der Waals surface area contributed by atoms with E-state index in [4.69, 9.17) is 5.11 Å². The number of nitrogens with zero attached hydrogens (tertiary/aromatic N) is 1. The lowest BCUT2D eigenvalue weighted by atomic mass is 10.2. The van der Waals surface area contributed by atoms with Crippen molar-refractivity contribution in [2.24, 2.45) is 0 Å². The maximum absolute atomic E-state index is 10.7. The number of aryl methyl sites for hydroxylation is 1. The molecule has 0 spiro atoms. The number of aromatic nitrogens is 1. The molecule has 1 aliphatic heterocycles. The van der Waals surface area contributed by atoms with Crippen molar-refractivity contribution in [1.29, 1.82) is 0 Å². The molecule has 0 atom stereocenters. The number of fused-ring (bicyclic) bond motifs is 1. The minimum Gasteiger partial charge on any atom is -0.478 e. The standard InChI is InChI=1S/C8H9NO2S/c10-8(11)6-1-2-9-3-4-12-5-7(6)9/h1-2H,3-5H2,(H,10,11). The van der Waals surface area contributed by atoms with Gasteiger partial charge in [0.25, 0.3) is 0 Å². The molecule has 0 bridgehead atoms. The first kappa shape index (κ1) is 7.73. The Morgan fingerprint density at radius 2 is 2.50 bits per heavy atom. The van der Waals surface area contributed by atoms with Crippen LogP contribution < -0.4 is 0 Å². The van der Waals surface area contributed by atoms with Crippen LogP contribution in [0.3, 0.4) is 0 Å². The third-order valence-corrected chi connectivity index (χ3v) is 2.97. The zero-order valence-electron chi connectivity index (χ0n) is 6.49. The summed E-state index contributed by atoms with van der Waals surface area (Å²) in [5, 5.41) is 8.81. The average Bonchev–Trinajstić information content (AvgIpc) is 2.47. The summed E-state index contributed by atoms with van der Waals surface area (Å²) >= 11 is 1.79. The quantitative estimate of drug-likeness (QED) is 0.716. The second-order valence-electron chi connectivity index (χ2n) is 2.73. The van der Waals surface area contributed by atoms with Crippen LogP contribution >= 0.6 is 11.8 Å². The maximum atomic E-state index is 10.7. The number of carboxylic acid groups (broad SMARTS) is 1. The molecule has 1 aliphatic rings. The summed E-state index contributed by atoms with van der Waals surface area (Å²) in [5.74, 6) is 1.10. The summed E-state index contributed by atoms with van der Waals surface area (Å²) in [6, 6.07) is 1.68. The first-order valence-electron chi connectivity index (χ1n) is 3.78. The Labute approximate surface area is 74.4 Å². The Bertz CT molecular complexity index is 319. The van der Waals surface area contributed by atoms with Crippen molar-refractivity contribution < 1.29 is 9.90 Å². The summed E-state index contributed by atoms with van der Waals surface area (Å²) in [6.45, 7) is 0.938. The van der Waals surface area contributed by atoms with E-state index in [-0.39, 0.29) is 0 Å². The lowest BCUT2D eigenvalue weighted by Crippen LogP contribution is -2.11. The molecule has 2 heterocycles. The zero-order valence-corrected chi connectivity index (χ0v) is 7.30. The van der Waals surface area contributed by atoms with Gasteiger partial charge >= 0.3 is 5.97 Å². The molecule has 2 rings (SSSR count). The van der Waals surface area contributed by atoms with Crippen LogP contribution in [0.15, 0.2) is 12.3 Å². The molecule has 4 heteroatoms. The SMILES string of the molecule is O=C(O)c1ccn2c1CSCC2. The first-order chi connectivity index (χ1) is 5.79. The van der Waals surface area contributed by atoms with E-state index in [2.05, 4.69) is 0 Å². The number of rotatable bonds is 1. The Kier molecular flexibility index (Phi) is 1.84. The van der Waals surface area contributed by atoms with Crippen molar-refractivity contribution in [3.8, 4) is 0 Å². The van der Waals surface area contributed by atoms with E-state index in [9.17, 15) is 4.79 Å². The van der Waals surface area contributed by atoms with E-state index < -0.39 is 5.97 Å². The van der Waals surface area contributed by atoms with Crippen LogP contribution in [0.2, 0.25) is 0 Å². The normalized spacial score (nSPS) is 15.7. The van der Waals surface area contributed by atoms with Gasteiger partial charge in [-0.15, -0.1) is 0 Å². The van der Waals surface area contributed by atoms with Crippen molar-refractivity contribution in [1.82, 2.24) is 4.57 Å². The summed E-state index contributed by atoms with van der Waals surface area (Å²) in [5.41, 5.74) is 1.42. The maximum Gasteiger partial charge on any atom is 0.337 e. The van der Waals surface area contributed by atoms with Gasteiger partial charge in [0.05, 0.1) is 5.56 Å². The third kappa shape index (κ3) is 1.12. The number of hydrogen-bond donors (Lipinski definition) is 1. The van der Waals surface area contributed by atoms with Crippen LogP contribution in [0.4, 0.5) is 0 Å². The van der Waals surface area contributed by atoms with E-state index in [0.29, 0.717) is 5.56 Å². The largest absolute Gasteiger partial charge is 0.478 e. The van der Waals surface area contributed by atoms with E-state index in [1.807, 2.05) is 10.8 Å². The molecular formula is C8H9NO2S. The third-order valence-electron chi connectivity index (χ3n) is 2.02. The second-order valence-corrected chi connectivity index (χ2v) is 3.83. The fourth-order valence-corrected chi connectivity index (χ4v) is 2.39. The highest BCUT2D eigenvalue weighted by molar-refractivity contribution is 7.98. The molecule has 0 fully saturated rings. The van der Waals surface area contributed by atoms with Gasteiger partial charge in [-0.25, -0.2) is 4.79 Å². The molecule has 0 saturated heterocycles. The average molecular weight is 183 g/mol. The molecular weight excluding hydrogens is 174 g/mol. The summed E-state index contributed by atoms with van der Waals surface area (Å²) in [7, 11) is 0. The Hall–Kier alpha value is -0.900. The first-order valence-corrected chi connectivity index (χ1v) is 4.93. The van der Waals surface area contributed by atoms with E-state index in [1.54, 1.807) is 17.8 Å². The van der Waals surface area contributed by atoms with Crippen LogP contribution in [0, 0.1) is 0 Å². The molecule has 0 aliphatic carbocycles. The summed E-state index contributed by atoms with van der Waals surface area (Å²) < 4.78 is 2.03. The molecule has 0 unspecified atom stereocenters. The van der Waals surface area contributed by atoms with Gasteiger partial charge in [0.1, 0.15) is 0 Å². The van der Waals surface area contributed by atoms with Crippen LogP contribution in [0.1, 0.15) is 16.1 Å². The van der Waals surface area contributed by atoms with Gasteiger partial charge in [-0.1, -0.05) is 0 Å². The predicted molar refractivity (Wildman–Crippen MR) is 47.6 cm³/mol. The highest BCUT2D eigenvalue weighted by atomic mass is 32.2. The van der Waals surface area contributed by atoms with Gasteiger partial charge in [0.15, 0.2) is 0 Å². The highest BCUT2D eigenvalue weighted by Gasteiger charge is 2.17. The lowest BCUT2D eigenvalue weighted by Gasteiger charge is -2.14. The fraction of sp³-hybridized carbons (Fsp3) is 0.375. The monoisotopic (exact) mass is 183 g/mol. The van der Waals surface area contributed by atoms with Gasteiger partial charge in [-0.3, -0.25) is 0 Å².